The van der Waals surface area contributed by atoms with Crippen LogP contribution < -0.4 is 25.5 Å². The van der Waals surface area contributed by atoms with Crippen molar-refractivity contribution in [2.24, 2.45) is 0 Å². The van der Waals surface area contributed by atoms with Crippen molar-refractivity contribution < 1.29 is 17.9 Å². The van der Waals surface area contributed by atoms with Gasteiger partial charge in [0.1, 0.15) is 10.6 Å². The molecule has 11 heteroatoms. The number of nitrogens with zero attached hydrogens (tertiary/aromatic N) is 3. The van der Waals surface area contributed by atoms with E-state index < -0.39 is 10.0 Å². The third kappa shape index (κ3) is 4.62. The minimum Gasteiger partial charge on any atom is -0.497 e. The van der Waals surface area contributed by atoms with Crippen LogP contribution in [0.2, 0.25) is 0 Å². The third-order valence-corrected chi connectivity index (χ3v) is 7.24. The number of ether oxygens (including phenoxy) is 2. The van der Waals surface area contributed by atoms with Gasteiger partial charge in [0.05, 0.1) is 36.5 Å². The molecule has 0 saturated heterocycles. The molecular weight excluding hydrogens is 506 g/mol. The minimum absolute atomic E-state index is 0.0598. The molecule has 0 unspecified atom stereocenters. The van der Waals surface area contributed by atoms with Crippen LogP contribution in [0, 0.1) is 0 Å². The molecule has 0 aliphatic rings. The number of anilines is 2. The van der Waals surface area contributed by atoms with Gasteiger partial charge in [-0.25, -0.2) is 23.0 Å². The molecule has 3 aromatic carbocycles. The zero-order valence-corrected chi connectivity index (χ0v) is 21.3. The van der Waals surface area contributed by atoms with E-state index in [1.165, 1.54) is 31.0 Å². The van der Waals surface area contributed by atoms with Gasteiger partial charge in [-0.05, 0) is 48.0 Å². The van der Waals surface area contributed by atoms with Crippen molar-refractivity contribution >= 4 is 32.6 Å². The van der Waals surface area contributed by atoms with Crippen molar-refractivity contribution in [3.63, 3.8) is 0 Å². The molecule has 0 aliphatic heterocycles. The fourth-order valence-corrected chi connectivity index (χ4v) is 5.24. The van der Waals surface area contributed by atoms with Crippen molar-refractivity contribution in [3.8, 4) is 28.4 Å². The minimum atomic E-state index is -4.10. The van der Waals surface area contributed by atoms with Crippen molar-refractivity contribution in [2.45, 2.75) is 4.90 Å². The van der Waals surface area contributed by atoms with Gasteiger partial charge in [-0.3, -0.25) is 9.52 Å². The third-order valence-electron chi connectivity index (χ3n) is 5.86. The van der Waals surface area contributed by atoms with E-state index in [0.29, 0.717) is 39.2 Å². The number of aromatic nitrogens is 3. The Kier molecular flexibility index (Phi) is 6.43. The number of hydrogen-bond acceptors (Lipinski definition) is 8. The van der Waals surface area contributed by atoms with Gasteiger partial charge < -0.3 is 15.2 Å². The van der Waals surface area contributed by atoms with Crippen LogP contribution in [0.1, 0.15) is 0 Å². The first-order chi connectivity index (χ1) is 18.3. The summed E-state index contributed by atoms with van der Waals surface area (Å²) in [7, 11) is -1.27. The molecule has 0 saturated carbocycles. The van der Waals surface area contributed by atoms with Crippen LogP contribution in [0.3, 0.4) is 0 Å². The molecule has 2 heterocycles. The summed E-state index contributed by atoms with van der Waals surface area (Å²) >= 11 is 0. The molecule has 2 aromatic heterocycles. The summed E-state index contributed by atoms with van der Waals surface area (Å²) in [5, 5.41) is 0.315. The van der Waals surface area contributed by atoms with Crippen LogP contribution >= 0.6 is 0 Å². The fourth-order valence-electron chi connectivity index (χ4n) is 4.04. The Labute approximate surface area is 218 Å². The predicted octanol–water partition coefficient (Wildman–Crippen LogP) is 3.85. The topological polar surface area (TPSA) is 138 Å². The van der Waals surface area contributed by atoms with Gasteiger partial charge in [0.15, 0.2) is 0 Å². The Morgan fingerprint density at radius 1 is 0.895 bits per heavy atom. The molecule has 0 aliphatic carbocycles. The van der Waals surface area contributed by atoms with Crippen molar-refractivity contribution in [3.05, 3.63) is 95.4 Å². The number of rotatable bonds is 7. The van der Waals surface area contributed by atoms with E-state index in [0.717, 1.165) is 0 Å². The highest BCUT2D eigenvalue weighted by Crippen LogP contribution is 2.31. The fraction of sp³-hybridized carbons (Fsp3) is 0.0741. The number of sulfonamides is 1. The summed E-state index contributed by atoms with van der Waals surface area (Å²) in [5.41, 5.74) is 8.08. The van der Waals surface area contributed by atoms with Gasteiger partial charge >= 0.3 is 0 Å². The molecule has 5 rings (SSSR count). The Balaban J connectivity index is 1.60. The molecule has 0 spiro atoms. The highest BCUT2D eigenvalue weighted by atomic mass is 32.2. The zero-order chi connectivity index (χ0) is 26.9. The van der Waals surface area contributed by atoms with Gasteiger partial charge in [-0.2, -0.15) is 0 Å². The number of methoxy groups -OCH3 is 2. The quantitative estimate of drug-likeness (QED) is 0.324. The lowest BCUT2D eigenvalue weighted by Crippen LogP contribution is -2.23. The molecule has 192 valence electrons. The normalized spacial score (nSPS) is 11.3. The lowest BCUT2D eigenvalue weighted by atomic mass is 10.1. The van der Waals surface area contributed by atoms with Crippen LogP contribution in [-0.2, 0) is 10.0 Å². The first-order valence-corrected chi connectivity index (χ1v) is 12.9. The Hall–Kier alpha value is -4.90. The van der Waals surface area contributed by atoms with Crippen LogP contribution in [-0.4, -0.2) is 37.2 Å². The standard InChI is InChI=1S/C27H23N5O5S/c1-36-21-10-6-7-19(15-21)31-38(34,35)24-14-18(16-29-25(24)37-2)17-11-12-23-22(13-17)26(33)32(27(28)30-23)20-8-4-3-5-9-20/h3-16,31H,1-2H3,(H2,28,30). The van der Waals surface area contributed by atoms with Gasteiger partial charge in [0, 0.05) is 17.8 Å². The van der Waals surface area contributed by atoms with Gasteiger partial charge in [-0.1, -0.05) is 30.3 Å². The zero-order valence-electron chi connectivity index (χ0n) is 20.5. The second-order valence-electron chi connectivity index (χ2n) is 8.25. The first-order valence-electron chi connectivity index (χ1n) is 11.4. The number of nitrogens with one attached hydrogen (secondary N) is 1. The molecule has 38 heavy (non-hydrogen) atoms. The number of pyridine rings is 1. The number of para-hydroxylation sites is 1. The molecule has 0 atom stereocenters. The second kappa shape index (κ2) is 9.87. The molecule has 3 N–H and O–H groups in total. The van der Waals surface area contributed by atoms with E-state index in [1.54, 1.807) is 66.7 Å². The summed E-state index contributed by atoms with van der Waals surface area (Å²) in [5.74, 6) is 0.478. The highest BCUT2D eigenvalue weighted by Gasteiger charge is 2.23. The van der Waals surface area contributed by atoms with E-state index in [1.807, 2.05) is 6.07 Å². The summed E-state index contributed by atoms with van der Waals surface area (Å²) in [6.45, 7) is 0. The second-order valence-corrected chi connectivity index (χ2v) is 9.90. The lowest BCUT2D eigenvalue weighted by Gasteiger charge is -2.14. The maximum absolute atomic E-state index is 13.4. The first kappa shape index (κ1) is 24.8. The Morgan fingerprint density at radius 3 is 2.42 bits per heavy atom. The van der Waals surface area contributed by atoms with Crippen LogP contribution in [0.25, 0.3) is 27.7 Å². The summed E-state index contributed by atoms with van der Waals surface area (Å²) in [6.07, 6.45) is 1.48. The lowest BCUT2D eigenvalue weighted by molar-refractivity contribution is 0.385. The van der Waals surface area contributed by atoms with Crippen LogP contribution in [0.4, 0.5) is 11.6 Å². The summed E-state index contributed by atoms with van der Waals surface area (Å²) < 4.78 is 40.9. The number of nitrogens with two attached hydrogens (primary N) is 1. The van der Waals surface area contributed by atoms with E-state index in [2.05, 4.69) is 14.7 Å². The predicted molar refractivity (Wildman–Crippen MR) is 145 cm³/mol. The number of nitrogen functional groups attached to an aromatic ring is 1. The van der Waals surface area contributed by atoms with E-state index in [9.17, 15) is 13.2 Å². The number of hydrogen-bond donors (Lipinski definition) is 2. The average molecular weight is 530 g/mol. The highest BCUT2D eigenvalue weighted by molar-refractivity contribution is 7.92. The molecular formula is C27H23N5O5S. The number of fused-ring (bicyclic) bond motifs is 1. The number of benzene rings is 3. The molecule has 0 radical (unpaired) electrons. The molecule has 0 fully saturated rings. The SMILES string of the molecule is COc1cccc(NS(=O)(=O)c2cc(-c3ccc4nc(N)n(-c5ccccc5)c(=O)c4c3)cnc2OC)c1. The molecule has 5 aromatic rings. The summed E-state index contributed by atoms with van der Waals surface area (Å²) in [4.78, 5) is 21.8. The van der Waals surface area contributed by atoms with Crippen molar-refractivity contribution in [1.82, 2.24) is 14.5 Å². The van der Waals surface area contributed by atoms with Crippen molar-refractivity contribution in [2.75, 3.05) is 24.7 Å². The Morgan fingerprint density at radius 2 is 1.68 bits per heavy atom. The van der Waals surface area contributed by atoms with Gasteiger partial charge in [0.25, 0.3) is 15.6 Å². The van der Waals surface area contributed by atoms with Crippen LogP contribution in [0.15, 0.2) is 94.7 Å². The average Bonchev–Trinajstić information content (AvgIpc) is 2.93. The van der Waals surface area contributed by atoms with Crippen LogP contribution in [0.5, 0.6) is 11.6 Å². The monoisotopic (exact) mass is 529 g/mol. The van der Waals surface area contributed by atoms with Gasteiger partial charge in [-0.15, -0.1) is 0 Å². The summed E-state index contributed by atoms with van der Waals surface area (Å²) in [6, 6.07) is 21.9. The smallest absolute Gasteiger partial charge is 0.267 e. The molecule has 0 amide bonds. The van der Waals surface area contributed by atoms with E-state index in [-0.39, 0.29) is 22.3 Å². The maximum atomic E-state index is 13.4. The largest absolute Gasteiger partial charge is 0.497 e. The molecule has 0 bridgehead atoms. The van der Waals surface area contributed by atoms with Crippen molar-refractivity contribution in [1.29, 1.82) is 0 Å². The van der Waals surface area contributed by atoms with Gasteiger partial charge in [0.2, 0.25) is 11.8 Å². The van der Waals surface area contributed by atoms with E-state index in [4.69, 9.17) is 15.2 Å². The Bertz CT molecular complexity index is 1820. The maximum Gasteiger partial charge on any atom is 0.267 e. The molecule has 10 nitrogen and oxygen atoms in total. The van der Waals surface area contributed by atoms with E-state index >= 15 is 0 Å².